The van der Waals surface area contributed by atoms with E-state index < -0.39 is 0 Å². The van der Waals surface area contributed by atoms with Crippen LogP contribution in [0.25, 0.3) is 0 Å². The van der Waals surface area contributed by atoms with Crippen molar-refractivity contribution >= 4 is 11.8 Å². The maximum atomic E-state index is 12.3. The number of carbonyl (C=O) groups is 2. The van der Waals surface area contributed by atoms with Gasteiger partial charge in [0.1, 0.15) is 0 Å². The third-order valence-corrected chi connectivity index (χ3v) is 5.53. The molecule has 2 fully saturated rings. The monoisotopic (exact) mass is 329 g/mol. The predicted molar refractivity (Wildman–Crippen MR) is 93.3 cm³/mol. The average molecular weight is 329 g/mol. The topological polar surface area (TPSA) is 52.7 Å². The van der Waals surface area contributed by atoms with Gasteiger partial charge in [0.15, 0.2) is 0 Å². The minimum absolute atomic E-state index is 0.0791. The molecule has 2 aliphatic heterocycles. The number of nitrogens with zero attached hydrogens (tertiary/aromatic N) is 2. The van der Waals surface area contributed by atoms with Gasteiger partial charge in [0.05, 0.1) is 6.54 Å². The first-order valence-corrected chi connectivity index (χ1v) is 8.85. The maximum Gasteiger partial charge on any atom is 0.233 e. The molecule has 0 saturated carbocycles. The zero-order valence-corrected chi connectivity index (χ0v) is 14.5. The summed E-state index contributed by atoms with van der Waals surface area (Å²) in [5.41, 5.74) is 1.43. The third kappa shape index (κ3) is 3.96. The summed E-state index contributed by atoms with van der Waals surface area (Å²) < 4.78 is 0. The summed E-state index contributed by atoms with van der Waals surface area (Å²) in [6.07, 6.45) is 3.79. The van der Waals surface area contributed by atoms with Gasteiger partial charge >= 0.3 is 0 Å². The van der Waals surface area contributed by atoms with E-state index in [0.717, 1.165) is 38.9 Å². The normalized spacial score (nSPS) is 21.0. The molecule has 0 aliphatic carbocycles. The fourth-order valence-electron chi connectivity index (χ4n) is 3.93. The largest absolute Gasteiger partial charge is 0.358 e. The smallest absolute Gasteiger partial charge is 0.233 e. The number of piperidine rings is 2. The Morgan fingerprint density at radius 3 is 2.54 bits per heavy atom. The molecule has 5 nitrogen and oxygen atoms in total. The van der Waals surface area contributed by atoms with E-state index in [4.69, 9.17) is 0 Å². The van der Waals surface area contributed by atoms with Crippen molar-refractivity contribution in [2.75, 3.05) is 33.2 Å². The van der Waals surface area contributed by atoms with Crippen LogP contribution in [-0.4, -0.2) is 54.8 Å². The van der Waals surface area contributed by atoms with E-state index in [9.17, 15) is 9.59 Å². The van der Waals surface area contributed by atoms with Crippen LogP contribution in [0.2, 0.25) is 0 Å². The van der Waals surface area contributed by atoms with E-state index in [-0.39, 0.29) is 17.2 Å². The highest BCUT2D eigenvalue weighted by atomic mass is 16.2. The van der Waals surface area contributed by atoms with Crippen molar-refractivity contribution in [3.63, 3.8) is 0 Å². The molecule has 5 heteroatoms. The van der Waals surface area contributed by atoms with E-state index in [1.54, 1.807) is 7.05 Å². The van der Waals surface area contributed by atoms with Crippen LogP contribution in [0.4, 0.5) is 0 Å². The van der Waals surface area contributed by atoms with Gasteiger partial charge in [0.2, 0.25) is 11.8 Å². The number of rotatable bonds is 4. The fraction of sp³-hybridized carbons (Fsp3) is 0.579. The Balaban J connectivity index is 1.59. The van der Waals surface area contributed by atoms with Crippen molar-refractivity contribution in [3.05, 3.63) is 35.9 Å². The molecule has 2 aliphatic rings. The molecule has 1 spiro atoms. The second-order valence-corrected chi connectivity index (χ2v) is 7.18. The lowest BCUT2D eigenvalue weighted by Gasteiger charge is -2.47. The molecule has 1 N–H and O–H groups in total. The second kappa shape index (κ2) is 7.34. The van der Waals surface area contributed by atoms with Crippen molar-refractivity contribution in [2.45, 2.75) is 32.2 Å². The second-order valence-electron chi connectivity index (χ2n) is 7.18. The summed E-state index contributed by atoms with van der Waals surface area (Å²) in [7, 11) is 1.68. The lowest BCUT2D eigenvalue weighted by atomic mass is 9.72. The van der Waals surface area contributed by atoms with Crippen LogP contribution >= 0.6 is 0 Å². The Morgan fingerprint density at radius 1 is 1.17 bits per heavy atom. The fourth-order valence-corrected chi connectivity index (χ4v) is 3.93. The minimum Gasteiger partial charge on any atom is -0.358 e. The van der Waals surface area contributed by atoms with Crippen LogP contribution in [-0.2, 0) is 16.1 Å². The summed E-state index contributed by atoms with van der Waals surface area (Å²) >= 11 is 0. The lowest BCUT2D eigenvalue weighted by Crippen LogP contribution is -2.52. The molecule has 0 unspecified atom stereocenters. The molecule has 2 saturated heterocycles. The number of hydrogen-bond donors (Lipinski definition) is 1. The van der Waals surface area contributed by atoms with Crippen molar-refractivity contribution < 1.29 is 9.59 Å². The van der Waals surface area contributed by atoms with Crippen LogP contribution in [0, 0.1) is 5.41 Å². The van der Waals surface area contributed by atoms with Crippen LogP contribution in [0.1, 0.15) is 31.2 Å². The summed E-state index contributed by atoms with van der Waals surface area (Å²) in [5.74, 6) is 0.354. The SMILES string of the molecule is CNC(=O)CN1CCC2(CCC(=O)N(Cc3ccccc3)C2)CC1. The number of likely N-dealkylation sites (N-methyl/N-ethyl adjacent to an activating group) is 1. The molecule has 0 aromatic heterocycles. The van der Waals surface area contributed by atoms with Gasteiger partial charge < -0.3 is 10.2 Å². The Bertz CT molecular complexity index is 580. The van der Waals surface area contributed by atoms with Crippen LogP contribution in [0.15, 0.2) is 30.3 Å². The molecular formula is C19H27N3O2. The minimum atomic E-state index is 0.0791. The van der Waals surface area contributed by atoms with Crippen LogP contribution in [0.3, 0.4) is 0 Å². The molecule has 0 radical (unpaired) electrons. The number of nitrogens with one attached hydrogen (secondary N) is 1. The molecular weight excluding hydrogens is 302 g/mol. The van der Waals surface area contributed by atoms with E-state index >= 15 is 0 Å². The Labute approximate surface area is 144 Å². The molecule has 2 heterocycles. The highest BCUT2D eigenvalue weighted by Crippen LogP contribution is 2.40. The van der Waals surface area contributed by atoms with Crippen LogP contribution < -0.4 is 5.32 Å². The van der Waals surface area contributed by atoms with E-state index in [1.165, 1.54) is 5.56 Å². The van der Waals surface area contributed by atoms with Gasteiger partial charge in [-0.05, 0) is 43.3 Å². The van der Waals surface area contributed by atoms with Gasteiger partial charge in [-0.15, -0.1) is 0 Å². The van der Waals surface area contributed by atoms with Gasteiger partial charge in [-0.25, -0.2) is 0 Å². The number of carbonyl (C=O) groups excluding carboxylic acids is 2. The van der Waals surface area contributed by atoms with Gasteiger partial charge in [-0.1, -0.05) is 30.3 Å². The maximum absolute atomic E-state index is 12.3. The predicted octanol–water partition coefficient (Wildman–Crippen LogP) is 1.64. The Kier molecular flexibility index (Phi) is 5.19. The zero-order chi connectivity index (χ0) is 17.0. The molecule has 0 atom stereocenters. The molecule has 2 amide bonds. The van der Waals surface area contributed by atoms with Crippen molar-refractivity contribution in [2.24, 2.45) is 5.41 Å². The highest BCUT2D eigenvalue weighted by molar-refractivity contribution is 5.78. The summed E-state index contributed by atoms with van der Waals surface area (Å²) in [4.78, 5) is 28.1. The molecule has 0 bridgehead atoms. The van der Waals surface area contributed by atoms with Crippen molar-refractivity contribution in [3.8, 4) is 0 Å². The highest BCUT2D eigenvalue weighted by Gasteiger charge is 2.40. The third-order valence-electron chi connectivity index (χ3n) is 5.53. The van der Waals surface area contributed by atoms with Gasteiger partial charge in [-0.2, -0.15) is 0 Å². The number of benzene rings is 1. The van der Waals surface area contributed by atoms with Crippen molar-refractivity contribution in [1.82, 2.24) is 15.1 Å². The summed E-state index contributed by atoms with van der Waals surface area (Å²) in [6, 6.07) is 10.2. The van der Waals surface area contributed by atoms with E-state index in [0.29, 0.717) is 19.5 Å². The van der Waals surface area contributed by atoms with Crippen molar-refractivity contribution in [1.29, 1.82) is 0 Å². The summed E-state index contributed by atoms with van der Waals surface area (Å²) in [5, 5.41) is 2.69. The Hall–Kier alpha value is -1.88. The van der Waals surface area contributed by atoms with Gasteiger partial charge in [0.25, 0.3) is 0 Å². The average Bonchev–Trinajstić information content (AvgIpc) is 2.61. The molecule has 24 heavy (non-hydrogen) atoms. The zero-order valence-electron chi connectivity index (χ0n) is 14.5. The molecule has 3 rings (SSSR count). The number of hydrogen-bond acceptors (Lipinski definition) is 3. The Morgan fingerprint density at radius 2 is 1.88 bits per heavy atom. The van der Waals surface area contributed by atoms with E-state index in [1.807, 2.05) is 23.1 Å². The first-order valence-electron chi connectivity index (χ1n) is 8.85. The number of likely N-dealkylation sites (tertiary alicyclic amines) is 2. The standard InChI is InChI=1S/C19H27N3O2/c1-20-17(23)14-21-11-9-19(10-12-21)8-7-18(24)22(15-19)13-16-5-3-2-4-6-16/h2-6H,7-15H2,1H3,(H,20,23). The van der Waals surface area contributed by atoms with E-state index in [2.05, 4.69) is 22.3 Å². The molecule has 1 aromatic rings. The first kappa shape index (κ1) is 17.0. The molecule has 130 valence electrons. The lowest BCUT2D eigenvalue weighted by molar-refractivity contribution is -0.140. The number of amides is 2. The first-order chi connectivity index (χ1) is 11.6. The quantitative estimate of drug-likeness (QED) is 0.914. The van der Waals surface area contributed by atoms with Crippen LogP contribution in [0.5, 0.6) is 0 Å². The molecule has 1 aromatic carbocycles. The summed E-state index contributed by atoms with van der Waals surface area (Å²) in [6.45, 7) is 3.94. The van der Waals surface area contributed by atoms with Gasteiger partial charge in [0, 0.05) is 26.6 Å². The van der Waals surface area contributed by atoms with Gasteiger partial charge in [-0.3, -0.25) is 14.5 Å².